The number of nitrogens with two attached hydrogens (primary N) is 2. The Hall–Kier alpha value is -6.41. The average molecular weight is 1310 g/mol. The minimum Gasteiger partial charge on any atom is -0.394 e. The number of piperazine rings is 2. The maximum absolute atomic E-state index is 13.4. The molecule has 8 N–H and O–H groups in total. The lowest BCUT2D eigenvalue weighted by molar-refractivity contribution is -0.132. The molecule has 3 aromatic rings. The molecule has 4 amide bonds. The van der Waals surface area contributed by atoms with E-state index in [1.807, 2.05) is 16.0 Å². The van der Waals surface area contributed by atoms with Crippen LogP contribution in [0.4, 0.5) is 17.8 Å². The molecule has 27 nitrogen and oxygen atoms in total. The van der Waals surface area contributed by atoms with Gasteiger partial charge in [0.15, 0.2) is 12.0 Å². The van der Waals surface area contributed by atoms with Gasteiger partial charge in [0, 0.05) is 104 Å². The number of unbranched alkanes of at least 4 members (excludes halogenated alkanes) is 14. The number of carbonyl (C=O) groups is 4. The summed E-state index contributed by atoms with van der Waals surface area (Å²) < 4.78 is 19.7. The van der Waals surface area contributed by atoms with E-state index >= 15 is 0 Å². The number of aryl methyl sites for hydroxylation is 1. The molecule has 516 valence electrons. The molecule has 3 atom stereocenters. The highest BCUT2D eigenvalue weighted by Crippen LogP contribution is 2.22. The molecule has 3 aromatic heterocycles. The molecule has 0 aromatic carbocycles. The lowest BCUT2D eigenvalue weighted by Gasteiger charge is -2.36. The lowest BCUT2D eigenvalue weighted by Crippen LogP contribution is -2.50. The zero-order valence-corrected chi connectivity index (χ0v) is 56.5. The van der Waals surface area contributed by atoms with Gasteiger partial charge in [0.25, 0.3) is 0 Å². The van der Waals surface area contributed by atoms with Gasteiger partial charge >= 0.3 is 0 Å². The molecular formula is C64H111N19O8S. The van der Waals surface area contributed by atoms with Crippen LogP contribution in [-0.2, 0) is 46.2 Å². The third-order valence-corrected chi connectivity index (χ3v) is 17.3. The number of amides is 4. The van der Waals surface area contributed by atoms with Gasteiger partial charge in [0.1, 0.15) is 12.6 Å². The van der Waals surface area contributed by atoms with E-state index in [1.54, 1.807) is 22.6 Å². The highest BCUT2D eigenvalue weighted by Gasteiger charge is 2.28. The fraction of sp³-hybridized carbons (Fsp3) is 0.781. The van der Waals surface area contributed by atoms with Crippen molar-refractivity contribution in [3.8, 4) is 12.3 Å². The maximum Gasteiger partial charge on any atom is 0.247 e. The summed E-state index contributed by atoms with van der Waals surface area (Å²) >= 11 is 1.78. The number of anilines is 3. The number of thioether (sulfide) groups is 1. The lowest BCUT2D eigenvalue weighted by atomic mass is 10.0. The van der Waals surface area contributed by atoms with Crippen molar-refractivity contribution in [2.24, 2.45) is 22.4 Å². The van der Waals surface area contributed by atoms with Crippen molar-refractivity contribution in [3.63, 3.8) is 0 Å². The van der Waals surface area contributed by atoms with E-state index in [2.05, 4.69) is 77.4 Å². The Morgan fingerprint density at radius 3 is 1.65 bits per heavy atom. The van der Waals surface area contributed by atoms with Crippen molar-refractivity contribution >= 4 is 59.2 Å². The van der Waals surface area contributed by atoms with E-state index in [0.717, 1.165) is 146 Å². The van der Waals surface area contributed by atoms with Crippen LogP contribution in [0.5, 0.6) is 0 Å². The quantitative estimate of drug-likeness (QED) is 0.0185. The Balaban J connectivity index is 0.956. The highest BCUT2D eigenvalue weighted by atomic mass is 32.2. The van der Waals surface area contributed by atoms with Crippen LogP contribution in [0.25, 0.3) is 0 Å². The Bertz CT molecular complexity index is 2590. The predicted octanol–water partition coefficient (Wildman–Crippen LogP) is 5.11. The molecule has 2 saturated heterocycles. The molecule has 2 fully saturated rings. The third kappa shape index (κ3) is 30.6. The minimum atomic E-state index is -0.777. The molecule has 2 aliphatic heterocycles. The third-order valence-electron chi connectivity index (χ3n) is 16.6. The first kappa shape index (κ1) is 76.3. The molecule has 92 heavy (non-hydrogen) atoms. The standard InChI is InChI=1S/C64H111N19O8S/c1-5-41-89-43-45-91-46-44-90-42-32-70-62-71-63(73-64(72-62)81-39-35-79(36-40-81)58(86)28-20-16-12-8-10-14-18-22-30-68-60(88)56(51-84)83-49-53(74-76-83)25-24-47-92-4)80-37-33-78(34-38-80)57(85)27-19-15-11-7-9-13-17-21-29-67-59(87)55(26-23-31-69-61(65)66)82-50-54(75-77-82)48-52(3)6-2/h1,49-50,52,55-56,84H,6-48,51H2,2-4H3,(H,67,87)(H,68,88)(H4,65,66,69)(H,70,71,72,73)/t52-,55-,56-/m0/s1. The van der Waals surface area contributed by atoms with Crippen LogP contribution in [0.15, 0.2) is 17.4 Å². The van der Waals surface area contributed by atoms with Crippen molar-refractivity contribution < 1.29 is 38.5 Å². The molecule has 0 aliphatic carbocycles. The van der Waals surface area contributed by atoms with Gasteiger partial charge in [-0.3, -0.25) is 24.2 Å². The van der Waals surface area contributed by atoms with Gasteiger partial charge < -0.3 is 66.3 Å². The second-order valence-electron chi connectivity index (χ2n) is 24.0. The van der Waals surface area contributed by atoms with Crippen LogP contribution in [0.2, 0.25) is 0 Å². The van der Waals surface area contributed by atoms with E-state index < -0.39 is 12.1 Å². The number of aliphatic hydroxyl groups excluding tert-OH is 1. The summed E-state index contributed by atoms with van der Waals surface area (Å²) in [6.07, 6.45) is 33.2. The summed E-state index contributed by atoms with van der Waals surface area (Å²) in [5.74, 6) is 5.59. The smallest absolute Gasteiger partial charge is 0.247 e. The number of carbonyl (C=O) groups excluding carboxylic acids is 4. The zero-order chi connectivity index (χ0) is 65.8. The van der Waals surface area contributed by atoms with Crippen LogP contribution in [0.3, 0.4) is 0 Å². The fourth-order valence-corrected chi connectivity index (χ4v) is 11.4. The number of ether oxygens (including phenoxy) is 3. The Morgan fingerprint density at radius 1 is 0.641 bits per heavy atom. The number of hydrogen-bond donors (Lipinski definition) is 6. The number of nitrogens with zero attached hydrogens (tertiary/aromatic N) is 14. The van der Waals surface area contributed by atoms with Crippen LogP contribution in [-0.4, -0.2) is 226 Å². The Kier molecular flexibility index (Phi) is 38.7. The first-order chi connectivity index (χ1) is 44.9. The second-order valence-corrected chi connectivity index (χ2v) is 25.0. The van der Waals surface area contributed by atoms with Crippen LogP contribution >= 0.6 is 11.8 Å². The number of aromatic nitrogens is 9. The molecule has 5 rings (SSSR count). The van der Waals surface area contributed by atoms with Crippen LogP contribution in [0, 0.1) is 18.3 Å². The van der Waals surface area contributed by atoms with Crippen molar-refractivity contribution in [2.75, 3.05) is 152 Å². The Morgan fingerprint density at radius 2 is 1.13 bits per heavy atom. The molecule has 5 heterocycles. The molecular weight excluding hydrogens is 1190 g/mol. The van der Waals surface area contributed by atoms with Gasteiger partial charge in [0.2, 0.25) is 41.5 Å². The molecule has 0 spiro atoms. The van der Waals surface area contributed by atoms with Crippen molar-refractivity contribution in [3.05, 3.63) is 23.8 Å². The van der Waals surface area contributed by atoms with Gasteiger partial charge in [0.05, 0.1) is 51.0 Å². The van der Waals surface area contributed by atoms with E-state index in [4.69, 9.17) is 47.1 Å². The molecule has 0 radical (unpaired) electrons. The topological polar surface area (TPSA) is 330 Å². The number of aliphatic hydroxyl groups is 1. The summed E-state index contributed by atoms with van der Waals surface area (Å²) in [4.78, 5) is 79.8. The monoisotopic (exact) mass is 1310 g/mol. The first-order valence-corrected chi connectivity index (χ1v) is 35.6. The van der Waals surface area contributed by atoms with E-state index in [1.165, 1.54) is 4.68 Å². The predicted molar refractivity (Wildman–Crippen MR) is 361 cm³/mol. The normalized spacial score (nSPS) is 14.4. The number of terminal acetylenes is 1. The van der Waals surface area contributed by atoms with Crippen LogP contribution < -0.4 is 37.2 Å². The van der Waals surface area contributed by atoms with Crippen molar-refractivity contribution in [2.45, 2.75) is 180 Å². The van der Waals surface area contributed by atoms with Gasteiger partial charge in [-0.1, -0.05) is 114 Å². The average Bonchev–Trinajstić information content (AvgIpc) is 1.13. The fourth-order valence-electron chi connectivity index (χ4n) is 10.9. The molecule has 0 unspecified atom stereocenters. The summed E-state index contributed by atoms with van der Waals surface area (Å²) in [5.41, 5.74) is 12.7. The van der Waals surface area contributed by atoms with Gasteiger partial charge in [-0.2, -0.15) is 26.7 Å². The van der Waals surface area contributed by atoms with Crippen molar-refractivity contribution in [1.29, 1.82) is 0 Å². The van der Waals surface area contributed by atoms with E-state index in [0.29, 0.717) is 161 Å². The maximum atomic E-state index is 13.4. The van der Waals surface area contributed by atoms with Gasteiger partial charge in [-0.15, -0.1) is 16.6 Å². The van der Waals surface area contributed by atoms with Gasteiger partial charge in [-0.05, 0) is 75.7 Å². The molecule has 0 bridgehead atoms. The van der Waals surface area contributed by atoms with E-state index in [9.17, 15) is 24.3 Å². The minimum absolute atomic E-state index is 0.0406. The molecule has 2 aliphatic rings. The largest absolute Gasteiger partial charge is 0.394 e. The van der Waals surface area contributed by atoms with Crippen molar-refractivity contribution in [1.82, 2.24) is 65.4 Å². The molecule has 28 heteroatoms. The number of aliphatic imine (C=N–C) groups is 1. The number of guanidine groups is 1. The SMILES string of the molecule is C#CCOCCOCCOCCNc1nc(N2CCN(C(=O)CCCCCCCCCCNC(=O)[C@H](CO)n3cc(CCCSC)nn3)CC2)nc(N2CCN(C(=O)CCCCCCCCCCNC(=O)[C@H](CCCN=C(N)N)n3cc(C[C@@H](C)CC)nn3)CC2)n1. The second kappa shape index (κ2) is 46.6. The summed E-state index contributed by atoms with van der Waals surface area (Å²) in [7, 11) is 0. The summed E-state index contributed by atoms with van der Waals surface area (Å²) in [6.45, 7) is 13.2. The summed E-state index contributed by atoms with van der Waals surface area (Å²) in [5, 5.41) is 36.2. The number of nitrogens with one attached hydrogen (secondary N) is 3. The zero-order valence-electron chi connectivity index (χ0n) is 55.7. The van der Waals surface area contributed by atoms with Crippen LogP contribution in [0.1, 0.15) is 179 Å². The summed E-state index contributed by atoms with van der Waals surface area (Å²) in [6, 6.07) is -1.25. The number of hydrogen-bond acceptors (Lipinski definition) is 20. The highest BCUT2D eigenvalue weighted by molar-refractivity contribution is 7.98. The Labute approximate surface area is 551 Å². The van der Waals surface area contributed by atoms with E-state index in [-0.39, 0.29) is 42.8 Å². The molecule has 0 saturated carbocycles. The van der Waals surface area contributed by atoms with Gasteiger partial charge in [-0.25, -0.2) is 9.36 Å². The number of rotatable bonds is 51. The first-order valence-electron chi connectivity index (χ1n) is 34.2.